The minimum Gasteiger partial charge on any atom is -0.496 e. The lowest BCUT2D eigenvalue weighted by Crippen LogP contribution is -2.11. The van der Waals surface area contributed by atoms with Crippen molar-refractivity contribution in [1.82, 2.24) is 0 Å². The predicted octanol–water partition coefficient (Wildman–Crippen LogP) is 2.90. The number of benzene rings is 1. The van der Waals surface area contributed by atoms with Gasteiger partial charge in [-0.15, -0.1) is 0 Å². The van der Waals surface area contributed by atoms with Crippen molar-refractivity contribution < 1.29 is 23.8 Å². The number of carbonyl (C=O) groups is 2. The molecule has 0 radical (unpaired) electrons. The van der Waals surface area contributed by atoms with Crippen LogP contribution in [0.4, 0.5) is 0 Å². The van der Waals surface area contributed by atoms with Gasteiger partial charge >= 0.3 is 0 Å². The molecule has 0 saturated heterocycles. The van der Waals surface area contributed by atoms with Crippen molar-refractivity contribution in [3.05, 3.63) is 17.2 Å². The van der Waals surface area contributed by atoms with Gasteiger partial charge in [0.15, 0.2) is 11.6 Å². The molecule has 5 nitrogen and oxygen atoms in total. The average Bonchev–Trinajstić information content (AvgIpc) is 2.50. The van der Waals surface area contributed by atoms with E-state index >= 15 is 0 Å². The number of carbonyl (C=O) groups excluding carboxylic acids is 2. The van der Waals surface area contributed by atoms with Crippen molar-refractivity contribution in [2.75, 3.05) is 21.3 Å². The minimum absolute atomic E-state index is 0.147. The maximum Gasteiger partial charge on any atom is 0.170 e. The van der Waals surface area contributed by atoms with E-state index in [2.05, 4.69) is 0 Å². The van der Waals surface area contributed by atoms with Gasteiger partial charge in [0, 0.05) is 18.9 Å². The molecule has 1 aromatic carbocycles. The number of hydrogen-bond acceptors (Lipinski definition) is 5. The smallest absolute Gasteiger partial charge is 0.170 e. The zero-order valence-corrected chi connectivity index (χ0v) is 12.5. The molecule has 0 amide bonds. The van der Waals surface area contributed by atoms with E-state index in [0.717, 1.165) is 0 Å². The minimum atomic E-state index is -0.147. The number of Topliss-reactive ketones (excluding diaryl/α,β-unsaturated/α-hetero) is 2. The fraction of sp³-hybridized carbons (Fsp3) is 0.467. The Morgan fingerprint density at radius 1 is 0.850 bits per heavy atom. The molecule has 0 bridgehead atoms. The molecule has 20 heavy (non-hydrogen) atoms. The van der Waals surface area contributed by atoms with Gasteiger partial charge in [-0.2, -0.15) is 0 Å². The standard InChI is InChI=1S/C15H20O5/c1-6-9(16)13-11(18-3)8-12(19-4)14(10(17)7-2)15(13)20-5/h8H,6-7H2,1-5H3. The molecule has 5 heteroatoms. The first kappa shape index (κ1) is 16.0. The third-order valence-electron chi connectivity index (χ3n) is 3.05. The molecule has 1 rings (SSSR count). The first-order valence-corrected chi connectivity index (χ1v) is 6.44. The third kappa shape index (κ3) is 2.76. The van der Waals surface area contributed by atoms with Gasteiger partial charge in [-0.05, 0) is 0 Å². The Labute approximate surface area is 118 Å². The predicted molar refractivity (Wildman–Crippen MR) is 75.3 cm³/mol. The highest BCUT2D eigenvalue weighted by molar-refractivity contribution is 6.09. The fourth-order valence-electron chi connectivity index (χ4n) is 2.02. The first-order chi connectivity index (χ1) is 9.55. The molecule has 0 aliphatic carbocycles. The Morgan fingerprint density at radius 3 is 1.50 bits per heavy atom. The molecule has 0 unspecified atom stereocenters. The summed E-state index contributed by atoms with van der Waals surface area (Å²) >= 11 is 0. The number of ether oxygens (including phenoxy) is 3. The Bertz CT molecular complexity index is 477. The van der Waals surface area contributed by atoms with Crippen LogP contribution in [0.15, 0.2) is 6.07 Å². The van der Waals surface area contributed by atoms with E-state index in [-0.39, 0.29) is 28.4 Å². The number of ketones is 2. The molecule has 1 aromatic rings. The SMILES string of the molecule is CCC(=O)c1c(OC)cc(OC)c(C(=O)CC)c1OC. The molecular weight excluding hydrogens is 260 g/mol. The number of rotatable bonds is 7. The van der Waals surface area contributed by atoms with Gasteiger partial charge in [0.2, 0.25) is 0 Å². The van der Waals surface area contributed by atoms with Crippen molar-refractivity contribution in [2.45, 2.75) is 26.7 Å². The van der Waals surface area contributed by atoms with E-state index in [0.29, 0.717) is 24.3 Å². The van der Waals surface area contributed by atoms with Crippen LogP contribution in [-0.2, 0) is 0 Å². The van der Waals surface area contributed by atoms with Gasteiger partial charge in [-0.25, -0.2) is 0 Å². The Balaban J connectivity index is 3.73. The van der Waals surface area contributed by atoms with Gasteiger partial charge in [-0.3, -0.25) is 9.59 Å². The Morgan fingerprint density at radius 2 is 1.25 bits per heavy atom. The highest BCUT2D eigenvalue weighted by Gasteiger charge is 2.27. The van der Waals surface area contributed by atoms with Crippen LogP contribution in [0.5, 0.6) is 17.2 Å². The van der Waals surface area contributed by atoms with Crippen LogP contribution in [0, 0.1) is 0 Å². The monoisotopic (exact) mass is 280 g/mol. The van der Waals surface area contributed by atoms with E-state index in [1.54, 1.807) is 19.9 Å². The second-order valence-electron chi connectivity index (χ2n) is 4.12. The van der Waals surface area contributed by atoms with Gasteiger partial charge in [0.05, 0.1) is 21.3 Å². The van der Waals surface area contributed by atoms with E-state index in [4.69, 9.17) is 14.2 Å². The molecule has 0 spiro atoms. The third-order valence-corrected chi connectivity index (χ3v) is 3.05. The molecule has 0 aliphatic heterocycles. The summed E-state index contributed by atoms with van der Waals surface area (Å²) in [6.07, 6.45) is 0.581. The van der Waals surface area contributed by atoms with Crippen molar-refractivity contribution in [2.24, 2.45) is 0 Å². The van der Waals surface area contributed by atoms with Crippen LogP contribution >= 0.6 is 0 Å². The molecule has 0 heterocycles. The van der Waals surface area contributed by atoms with E-state index < -0.39 is 0 Å². The Kier molecular flexibility index (Phi) is 5.55. The van der Waals surface area contributed by atoms with Crippen LogP contribution in [-0.4, -0.2) is 32.9 Å². The van der Waals surface area contributed by atoms with Crippen LogP contribution in [0.3, 0.4) is 0 Å². The first-order valence-electron chi connectivity index (χ1n) is 6.44. The average molecular weight is 280 g/mol. The molecule has 0 aliphatic rings. The second-order valence-corrected chi connectivity index (χ2v) is 4.12. The lowest BCUT2D eigenvalue weighted by atomic mass is 9.98. The lowest BCUT2D eigenvalue weighted by molar-refractivity contribution is 0.0979. The van der Waals surface area contributed by atoms with Gasteiger partial charge in [-0.1, -0.05) is 13.8 Å². The largest absolute Gasteiger partial charge is 0.496 e. The summed E-state index contributed by atoms with van der Waals surface area (Å²) in [4.78, 5) is 24.2. The quantitative estimate of drug-likeness (QED) is 0.719. The maximum atomic E-state index is 12.1. The maximum absolute atomic E-state index is 12.1. The zero-order valence-electron chi connectivity index (χ0n) is 12.5. The van der Waals surface area contributed by atoms with Gasteiger partial charge < -0.3 is 14.2 Å². The van der Waals surface area contributed by atoms with Crippen LogP contribution < -0.4 is 14.2 Å². The van der Waals surface area contributed by atoms with Crippen molar-refractivity contribution in [1.29, 1.82) is 0 Å². The molecule has 0 aromatic heterocycles. The number of methoxy groups -OCH3 is 3. The normalized spacial score (nSPS) is 10.1. The van der Waals surface area contributed by atoms with E-state index in [9.17, 15) is 9.59 Å². The van der Waals surface area contributed by atoms with Gasteiger partial charge in [0.25, 0.3) is 0 Å². The summed E-state index contributed by atoms with van der Waals surface area (Å²) in [5.41, 5.74) is 0.574. The van der Waals surface area contributed by atoms with E-state index in [1.807, 2.05) is 0 Å². The van der Waals surface area contributed by atoms with Crippen molar-refractivity contribution >= 4 is 11.6 Å². The highest BCUT2D eigenvalue weighted by Crippen LogP contribution is 2.40. The van der Waals surface area contributed by atoms with Gasteiger partial charge in [0.1, 0.15) is 28.4 Å². The molecule has 0 atom stereocenters. The summed E-state index contributed by atoms with van der Waals surface area (Å²) in [7, 11) is 4.34. The Hall–Kier alpha value is -2.04. The van der Waals surface area contributed by atoms with E-state index in [1.165, 1.54) is 21.3 Å². The molecule has 0 saturated carbocycles. The van der Waals surface area contributed by atoms with Crippen molar-refractivity contribution in [3.63, 3.8) is 0 Å². The summed E-state index contributed by atoms with van der Waals surface area (Å²) in [6.45, 7) is 3.49. The molecule has 110 valence electrons. The summed E-state index contributed by atoms with van der Waals surface area (Å²) < 4.78 is 15.8. The second kappa shape index (κ2) is 6.93. The lowest BCUT2D eigenvalue weighted by Gasteiger charge is -2.18. The van der Waals surface area contributed by atoms with Crippen LogP contribution in [0.1, 0.15) is 47.4 Å². The molecular formula is C15H20O5. The molecule has 0 N–H and O–H groups in total. The topological polar surface area (TPSA) is 61.8 Å². The number of hydrogen-bond donors (Lipinski definition) is 0. The highest BCUT2D eigenvalue weighted by atomic mass is 16.5. The van der Waals surface area contributed by atoms with Crippen LogP contribution in [0.25, 0.3) is 0 Å². The zero-order chi connectivity index (χ0) is 15.3. The fourth-order valence-corrected chi connectivity index (χ4v) is 2.02. The summed E-state index contributed by atoms with van der Waals surface area (Å²) in [5, 5.41) is 0. The summed E-state index contributed by atoms with van der Waals surface area (Å²) in [5.74, 6) is 0.620. The van der Waals surface area contributed by atoms with Crippen LogP contribution in [0.2, 0.25) is 0 Å². The summed E-state index contributed by atoms with van der Waals surface area (Å²) in [6, 6.07) is 1.55. The van der Waals surface area contributed by atoms with Crippen molar-refractivity contribution in [3.8, 4) is 17.2 Å². The molecule has 0 fully saturated rings.